The smallest absolute Gasteiger partial charge is 0.244 e. The van der Waals surface area contributed by atoms with Crippen LogP contribution >= 0.6 is 0 Å². The van der Waals surface area contributed by atoms with E-state index < -0.39 is 10.0 Å². The van der Waals surface area contributed by atoms with Gasteiger partial charge in [-0.25, -0.2) is 13.4 Å². The summed E-state index contributed by atoms with van der Waals surface area (Å²) in [6, 6.07) is 3.32. The summed E-state index contributed by atoms with van der Waals surface area (Å²) in [7, 11) is -3.40. The van der Waals surface area contributed by atoms with Crippen molar-refractivity contribution < 1.29 is 8.42 Å². The van der Waals surface area contributed by atoms with Gasteiger partial charge in [0.1, 0.15) is 10.7 Å². The first-order valence-electron chi connectivity index (χ1n) is 6.76. The van der Waals surface area contributed by atoms with E-state index in [1.807, 2.05) is 13.8 Å². The highest BCUT2D eigenvalue weighted by Gasteiger charge is 2.21. The molecule has 0 radical (unpaired) electrons. The van der Waals surface area contributed by atoms with Gasteiger partial charge in [-0.05, 0) is 18.6 Å². The second-order valence-electron chi connectivity index (χ2n) is 4.25. The topological polar surface area (TPSA) is 62.3 Å². The predicted molar refractivity (Wildman–Crippen MR) is 77.7 cm³/mol. The van der Waals surface area contributed by atoms with Crippen LogP contribution in [0.15, 0.2) is 23.2 Å². The minimum atomic E-state index is -3.40. The second-order valence-corrected chi connectivity index (χ2v) is 6.19. The van der Waals surface area contributed by atoms with Gasteiger partial charge in [-0.3, -0.25) is 0 Å². The third-order valence-electron chi connectivity index (χ3n) is 2.92. The van der Waals surface area contributed by atoms with E-state index in [1.54, 1.807) is 12.1 Å². The minimum absolute atomic E-state index is 0.247. The van der Waals surface area contributed by atoms with Crippen LogP contribution in [0.4, 0.5) is 5.82 Å². The summed E-state index contributed by atoms with van der Waals surface area (Å²) in [5.41, 5.74) is 0. The van der Waals surface area contributed by atoms with E-state index in [2.05, 4.69) is 17.2 Å². The van der Waals surface area contributed by atoms with Crippen molar-refractivity contribution in [1.29, 1.82) is 0 Å². The minimum Gasteiger partial charge on any atom is -0.370 e. The van der Waals surface area contributed by atoms with Crippen molar-refractivity contribution in [3.63, 3.8) is 0 Å². The third kappa shape index (κ3) is 4.18. The van der Waals surface area contributed by atoms with E-state index >= 15 is 0 Å². The van der Waals surface area contributed by atoms with Gasteiger partial charge in [0.15, 0.2) is 0 Å². The molecule has 1 rings (SSSR count). The van der Waals surface area contributed by atoms with Crippen molar-refractivity contribution >= 4 is 15.8 Å². The van der Waals surface area contributed by atoms with Gasteiger partial charge in [-0.15, -0.1) is 0 Å². The van der Waals surface area contributed by atoms with Crippen LogP contribution in [-0.2, 0) is 10.0 Å². The maximum absolute atomic E-state index is 12.2. The van der Waals surface area contributed by atoms with Gasteiger partial charge in [-0.1, -0.05) is 27.2 Å². The Labute approximate surface area is 116 Å². The number of hydrogen-bond acceptors (Lipinski definition) is 4. The van der Waals surface area contributed by atoms with E-state index in [1.165, 1.54) is 10.5 Å². The molecule has 0 fully saturated rings. The van der Waals surface area contributed by atoms with Crippen LogP contribution in [0, 0.1) is 0 Å². The molecule has 0 amide bonds. The SMILES string of the molecule is CCCCNc1ccc(S(=O)(=O)N(CC)CC)cn1. The molecule has 0 saturated heterocycles. The molecule has 1 N–H and O–H groups in total. The van der Waals surface area contributed by atoms with Gasteiger partial charge in [0.05, 0.1) is 0 Å². The Bertz CT molecular complexity index is 467. The number of hydrogen-bond donors (Lipinski definition) is 1. The molecule has 1 aromatic rings. The number of unbranched alkanes of at least 4 members (excludes halogenated alkanes) is 1. The molecule has 0 aliphatic heterocycles. The molecule has 6 heteroatoms. The number of anilines is 1. The van der Waals surface area contributed by atoms with Gasteiger partial charge in [0, 0.05) is 25.8 Å². The number of sulfonamides is 1. The standard InChI is InChI=1S/C13H23N3O2S/c1-4-7-10-14-13-9-8-12(11-15-13)19(17,18)16(5-2)6-3/h8-9,11H,4-7,10H2,1-3H3,(H,14,15). The number of pyridine rings is 1. The Morgan fingerprint density at radius 2 is 1.89 bits per heavy atom. The second kappa shape index (κ2) is 7.45. The molecule has 19 heavy (non-hydrogen) atoms. The Kier molecular flexibility index (Phi) is 6.24. The van der Waals surface area contributed by atoms with E-state index in [0.29, 0.717) is 18.9 Å². The molecule has 0 aliphatic rings. The molecule has 0 bridgehead atoms. The summed E-state index contributed by atoms with van der Waals surface area (Å²) in [5, 5.41) is 3.16. The third-order valence-corrected chi connectivity index (χ3v) is 4.95. The van der Waals surface area contributed by atoms with Gasteiger partial charge in [0.2, 0.25) is 10.0 Å². The molecule has 0 atom stereocenters. The average Bonchev–Trinajstić information content (AvgIpc) is 2.41. The summed E-state index contributed by atoms with van der Waals surface area (Å²) >= 11 is 0. The number of aromatic nitrogens is 1. The molecular formula is C13H23N3O2S. The molecule has 0 spiro atoms. The lowest BCUT2D eigenvalue weighted by molar-refractivity contribution is 0.445. The van der Waals surface area contributed by atoms with Crippen LogP contribution in [-0.4, -0.2) is 37.3 Å². The maximum Gasteiger partial charge on any atom is 0.244 e. The quantitative estimate of drug-likeness (QED) is 0.745. The zero-order chi connectivity index (χ0) is 14.3. The van der Waals surface area contributed by atoms with Crippen molar-refractivity contribution in [1.82, 2.24) is 9.29 Å². The molecule has 0 aromatic carbocycles. The Morgan fingerprint density at radius 1 is 1.21 bits per heavy atom. The molecular weight excluding hydrogens is 262 g/mol. The van der Waals surface area contributed by atoms with E-state index in [0.717, 1.165) is 19.4 Å². The number of rotatable bonds is 8. The number of nitrogens with one attached hydrogen (secondary N) is 1. The zero-order valence-corrected chi connectivity index (χ0v) is 12.7. The lowest BCUT2D eigenvalue weighted by atomic mass is 10.3. The molecule has 0 saturated carbocycles. The first-order chi connectivity index (χ1) is 9.06. The van der Waals surface area contributed by atoms with Crippen molar-refractivity contribution in [2.45, 2.75) is 38.5 Å². The van der Waals surface area contributed by atoms with Gasteiger partial charge < -0.3 is 5.32 Å². The first-order valence-corrected chi connectivity index (χ1v) is 8.20. The van der Waals surface area contributed by atoms with Crippen LogP contribution < -0.4 is 5.32 Å². The maximum atomic E-state index is 12.2. The Hall–Kier alpha value is -1.14. The van der Waals surface area contributed by atoms with E-state index in [4.69, 9.17) is 0 Å². The fourth-order valence-corrected chi connectivity index (χ4v) is 3.15. The molecule has 0 aliphatic carbocycles. The zero-order valence-electron chi connectivity index (χ0n) is 11.9. The van der Waals surface area contributed by atoms with Crippen LogP contribution in [0.5, 0.6) is 0 Å². The molecule has 5 nitrogen and oxygen atoms in total. The lowest BCUT2D eigenvalue weighted by Gasteiger charge is -2.18. The average molecular weight is 285 g/mol. The van der Waals surface area contributed by atoms with Crippen LogP contribution in [0.2, 0.25) is 0 Å². The first kappa shape index (κ1) is 15.9. The fraction of sp³-hybridized carbons (Fsp3) is 0.615. The molecule has 108 valence electrons. The highest BCUT2D eigenvalue weighted by atomic mass is 32.2. The van der Waals surface area contributed by atoms with Crippen molar-refractivity contribution in [3.05, 3.63) is 18.3 Å². The lowest BCUT2D eigenvalue weighted by Crippen LogP contribution is -2.30. The molecule has 1 aromatic heterocycles. The van der Waals surface area contributed by atoms with Gasteiger partial charge >= 0.3 is 0 Å². The van der Waals surface area contributed by atoms with E-state index in [9.17, 15) is 8.42 Å². The fourth-order valence-electron chi connectivity index (χ4n) is 1.74. The van der Waals surface area contributed by atoms with Crippen LogP contribution in [0.3, 0.4) is 0 Å². The largest absolute Gasteiger partial charge is 0.370 e. The monoisotopic (exact) mass is 285 g/mol. The predicted octanol–water partition coefficient (Wildman–Crippen LogP) is 2.32. The van der Waals surface area contributed by atoms with Crippen molar-refractivity contribution in [2.75, 3.05) is 25.0 Å². The summed E-state index contributed by atoms with van der Waals surface area (Å²) in [4.78, 5) is 4.40. The van der Waals surface area contributed by atoms with Crippen LogP contribution in [0.25, 0.3) is 0 Å². The summed E-state index contributed by atoms with van der Waals surface area (Å²) in [6.07, 6.45) is 3.60. The summed E-state index contributed by atoms with van der Waals surface area (Å²) in [6.45, 7) is 7.56. The highest BCUT2D eigenvalue weighted by Crippen LogP contribution is 2.15. The van der Waals surface area contributed by atoms with Crippen molar-refractivity contribution in [3.8, 4) is 0 Å². The molecule has 1 heterocycles. The molecule has 0 unspecified atom stereocenters. The van der Waals surface area contributed by atoms with E-state index in [-0.39, 0.29) is 4.90 Å². The summed E-state index contributed by atoms with van der Waals surface area (Å²) < 4.78 is 25.9. The van der Waals surface area contributed by atoms with Gasteiger partial charge in [0.25, 0.3) is 0 Å². The van der Waals surface area contributed by atoms with Gasteiger partial charge in [-0.2, -0.15) is 4.31 Å². The number of nitrogens with zero attached hydrogens (tertiary/aromatic N) is 2. The van der Waals surface area contributed by atoms with Crippen LogP contribution in [0.1, 0.15) is 33.6 Å². The Balaban J connectivity index is 2.80. The van der Waals surface area contributed by atoms with Crippen molar-refractivity contribution in [2.24, 2.45) is 0 Å². The Morgan fingerprint density at radius 3 is 2.37 bits per heavy atom. The highest BCUT2D eigenvalue weighted by molar-refractivity contribution is 7.89. The summed E-state index contributed by atoms with van der Waals surface area (Å²) in [5.74, 6) is 0.715. The normalized spacial score (nSPS) is 11.8.